The highest BCUT2D eigenvalue weighted by Gasteiger charge is 2.06. The SMILES string of the molecule is Cc1cccc(C)c1CCCCOC(=O)c1ccccc1. The highest BCUT2D eigenvalue weighted by Crippen LogP contribution is 2.16. The zero-order valence-corrected chi connectivity index (χ0v) is 12.8. The van der Waals surface area contributed by atoms with E-state index in [1.807, 2.05) is 18.2 Å². The minimum Gasteiger partial charge on any atom is -0.462 e. The number of ether oxygens (including phenoxy) is 1. The second kappa shape index (κ2) is 7.63. The molecule has 2 aromatic rings. The van der Waals surface area contributed by atoms with Crippen LogP contribution in [0.2, 0.25) is 0 Å². The number of carbonyl (C=O) groups excluding carboxylic acids is 1. The molecule has 0 unspecified atom stereocenters. The maximum absolute atomic E-state index is 11.8. The summed E-state index contributed by atoms with van der Waals surface area (Å²) >= 11 is 0. The molecule has 0 aliphatic heterocycles. The Kier molecular flexibility index (Phi) is 5.56. The van der Waals surface area contributed by atoms with E-state index in [0.717, 1.165) is 19.3 Å². The number of hydrogen-bond acceptors (Lipinski definition) is 2. The molecule has 0 atom stereocenters. The number of benzene rings is 2. The quantitative estimate of drug-likeness (QED) is 0.576. The summed E-state index contributed by atoms with van der Waals surface area (Å²) in [6.07, 6.45) is 2.97. The van der Waals surface area contributed by atoms with Crippen molar-refractivity contribution in [3.05, 3.63) is 70.8 Å². The first-order chi connectivity index (χ1) is 10.2. The van der Waals surface area contributed by atoms with Gasteiger partial charge in [-0.15, -0.1) is 0 Å². The summed E-state index contributed by atoms with van der Waals surface area (Å²) in [5.41, 5.74) is 4.73. The summed E-state index contributed by atoms with van der Waals surface area (Å²) in [4.78, 5) is 11.8. The lowest BCUT2D eigenvalue weighted by Gasteiger charge is -2.09. The lowest BCUT2D eigenvalue weighted by molar-refractivity contribution is 0.0498. The van der Waals surface area contributed by atoms with Gasteiger partial charge >= 0.3 is 5.97 Å². The van der Waals surface area contributed by atoms with Crippen LogP contribution in [0.15, 0.2) is 48.5 Å². The number of aryl methyl sites for hydroxylation is 2. The molecule has 0 aliphatic rings. The summed E-state index contributed by atoms with van der Waals surface area (Å²) in [7, 11) is 0. The molecule has 0 heterocycles. The van der Waals surface area contributed by atoms with E-state index in [9.17, 15) is 4.79 Å². The van der Waals surface area contributed by atoms with Crippen LogP contribution < -0.4 is 0 Å². The van der Waals surface area contributed by atoms with Gasteiger partial charge in [-0.2, -0.15) is 0 Å². The van der Waals surface area contributed by atoms with E-state index < -0.39 is 0 Å². The second-order valence-corrected chi connectivity index (χ2v) is 5.33. The van der Waals surface area contributed by atoms with E-state index in [1.54, 1.807) is 12.1 Å². The monoisotopic (exact) mass is 282 g/mol. The van der Waals surface area contributed by atoms with E-state index in [-0.39, 0.29) is 5.97 Å². The molecule has 0 aromatic heterocycles. The van der Waals surface area contributed by atoms with Crippen molar-refractivity contribution in [2.24, 2.45) is 0 Å². The molecule has 0 radical (unpaired) electrons. The molecular weight excluding hydrogens is 260 g/mol. The van der Waals surface area contributed by atoms with Crippen LogP contribution in [0.1, 0.15) is 39.9 Å². The van der Waals surface area contributed by atoms with Crippen molar-refractivity contribution >= 4 is 5.97 Å². The zero-order valence-electron chi connectivity index (χ0n) is 12.8. The molecule has 2 rings (SSSR count). The molecule has 2 heteroatoms. The van der Waals surface area contributed by atoms with Gasteiger partial charge in [-0.25, -0.2) is 4.79 Å². The van der Waals surface area contributed by atoms with Gasteiger partial charge in [0.25, 0.3) is 0 Å². The van der Waals surface area contributed by atoms with Gasteiger partial charge in [0, 0.05) is 0 Å². The van der Waals surface area contributed by atoms with Crippen LogP contribution >= 0.6 is 0 Å². The van der Waals surface area contributed by atoms with E-state index in [4.69, 9.17) is 4.74 Å². The Hall–Kier alpha value is -2.09. The highest BCUT2D eigenvalue weighted by molar-refractivity contribution is 5.89. The van der Waals surface area contributed by atoms with Gasteiger partial charge in [0.1, 0.15) is 0 Å². The highest BCUT2D eigenvalue weighted by atomic mass is 16.5. The van der Waals surface area contributed by atoms with Gasteiger partial charge in [0.05, 0.1) is 12.2 Å². The first kappa shape index (κ1) is 15.3. The fourth-order valence-corrected chi connectivity index (χ4v) is 2.47. The van der Waals surface area contributed by atoms with Crippen molar-refractivity contribution in [2.75, 3.05) is 6.61 Å². The van der Waals surface area contributed by atoms with Crippen LogP contribution in [-0.2, 0) is 11.2 Å². The fraction of sp³-hybridized carbons (Fsp3) is 0.316. The van der Waals surface area contributed by atoms with Gasteiger partial charge in [0.15, 0.2) is 0 Å². The van der Waals surface area contributed by atoms with Gasteiger partial charge in [-0.1, -0.05) is 36.4 Å². The molecule has 0 aliphatic carbocycles. The summed E-state index contributed by atoms with van der Waals surface area (Å²) < 4.78 is 5.29. The lowest BCUT2D eigenvalue weighted by atomic mass is 9.98. The standard InChI is InChI=1S/C19H22O2/c1-15-9-8-10-16(2)18(15)13-6-7-14-21-19(20)17-11-4-3-5-12-17/h3-5,8-12H,6-7,13-14H2,1-2H3. The van der Waals surface area contributed by atoms with E-state index >= 15 is 0 Å². The lowest BCUT2D eigenvalue weighted by Crippen LogP contribution is -2.06. The predicted octanol–water partition coefficient (Wildman–Crippen LogP) is 4.48. The number of unbranched alkanes of at least 4 members (excludes halogenated alkanes) is 1. The van der Waals surface area contributed by atoms with Crippen LogP contribution in [-0.4, -0.2) is 12.6 Å². The van der Waals surface area contributed by atoms with Gasteiger partial charge in [-0.05, 0) is 61.9 Å². The van der Waals surface area contributed by atoms with Crippen molar-refractivity contribution in [1.82, 2.24) is 0 Å². The van der Waals surface area contributed by atoms with Crippen LogP contribution in [0.25, 0.3) is 0 Å². The largest absolute Gasteiger partial charge is 0.462 e. The van der Waals surface area contributed by atoms with Crippen LogP contribution in [0.3, 0.4) is 0 Å². The zero-order chi connectivity index (χ0) is 15.1. The summed E-state index contributed by atoms with van der Waals surface area (Å²) in [5.74, 6) is -0.234. The number of rotatable bonds is 6. The summed E-state index contributed by atoms with van der Waals surface area (Å²) in [6, 6.07) is 15.5. The first-order valence-corrected chi connectivity index (χ1v) is 7.46. The summed E-state index contributed by atoms with van der Waals surface area (Å²) in [6.45, 7) is 4.79. The fourth-order valence-electron chi connectivity index (χ4n) is 2.47. The van der Waals surface area contributed by atoms with Crippen LogP contribution in [0, 0.1) is 13.8 Å². The topological polar surface area (TPSA) is 26.3 Å². The second-order valence-electron chi connectivity index (χ2n) is 5.33. The molecule has 0 spiro atoms. The van der Waals surface area contributed by atoms with E-state index in [1.165, 1.54) is 16.7 Å². The molecule has 0 bridgehead atoms. The molecule has 0 fully saturated rings. The van der Waals surface area contributed by atoms with Crippen molar-refractivity contribution in [3.8, 4) is 0 Å². The molecule has 0 saturated heterocycles. The third-order valence-electron chi connectivity index (χ3n) is 3.71. The molecule has 0 saturated carbocycles. The van der Waals surface area contributed by atoms with Gasteiger partial charge in [-0.3, -0.25) is 0 Å². The minimum atomic E-state index is -0.234. The molecule has 0 amide bonds. The van der Waals surface area contributed by atoms with Gasteiger partial charge < -0.3 is 4.74 Å². The summed E-state index contributed by atoms with van der Waals surface area (Å²) in [5, 5.41) is 0. The van der Waals surface area contributed by atoms with Crippen molar-refractivity contribution < 1.29 is 9.53 Å². The van der Waals surface area contributed by atoms with Crippen molar-refractivity contribution in [1.29, 1.82) is 0 Å². The Balaban J connectivity index is 1.72. The number of hydrogen-bond donors (Lipinski definition) is 0. The smallest absolute Gasteiger partial charge is 0.338 e. The number of esters is 1. The Labute approximate surface area is 126 Å². The Morgan fingerprint density at radius 3 is 2.24 bits per heavy atom. The Morgan fingerprint density at radius 1 is 0.905 bits per heavy atom. The van der Waals surface area contributed by atoms with Crippen LogP contribution in [0.5, 0.6) is 0 Å². The number of carbonyl (C=O) groups is 1. The van der Waals surface area contributed by atoms with Crippen LogP contribution in [0.4, 0.5) is 0 Å². The van der Waals surface area contributed by atoms with E-state index in [0.29, 0.717) is 12.2 Å². The first-order valence-electron chi connectivity index (χ1n) is 7.46. The average Bonchev–Trinajstić information content (AvgIpc) is 2.50. The molecule has 0 N–H and O–H groups in total. The average molecular weight is 282 g/mol. The Morgan fingerprint density at radius 2 is 1.57 bits per heavy atom. The molecule has 2 nitrogen and oxygen atoms in total. The minimum absolute atomic E-state index is 0.234. The molecular formula is C19H22O2. The molecule has 2 aromatic carbocycles. The maximum Gasteiger partial charge on any atom is 0.338 e. The molecule has 21 heavy (non-hydrogen) atoms. The third-order valence-corrected chi connectivity index (χ3v) is 3.71. The normalized spacial score (nSPS) is 10.4. The maximum atomic E-state index is 11.8. The Bertz CT molecular complexity index is 568. The van der Waals surface area contributed by atoms with E-state index in [2.05, 4.69) is 32.0 Å². The third kappa shape index (κ3) is 4.45. The predicted molar refractivity (Wildman–Crippen MR) is 85.6 cm³/mol. The molecule has 110 valence electrons. The van der Waals surface area contributed by atoms with Crippen molar-refractivity contribution in [2.45, 2.75) is 33.1 Å². The van der Waals surface area contributed by atoms with Gasteiger partial charge in [0.2, 0.25) is 0 Å². The van der Waals surface area contributed by atoms with Crippen molar-refractivity contribution in [3.63, 3.8) is 0 Å².